The number of hydrogen-bond acceptors (Lipinski definition) is 5. The molecule has 114 valence electrons. The molecule has 6 heteroatoms. The van der Waals surface area contributed by atoms with Crippen LogP contribution in [0, 0.1) is 5.82 Å². The van der Waals surface area contributed by atoms with Crippen molar-refractivity contribution < 1.29 is 9.13 Å². The van der Waals surface area contributed by atoms with E-state index in [1.807, 2.05) is 18.0 Å². The summed E-state index contributed by atoms with van der Waals surface area (Å²) in [5.74, 6) is 1.14. The highest BCUT2D eigenvalue weighted by Gasteiger charge is 2.12. The average Bonchev–Trinajstić information content (AvgIpc) is 2.94. The number of ether oxygens (including phenoxy) is 1. The summed E-state index contributed by atoms with van der Waals surface area (Å²) in [6, 6.07) is 8.39. The second-order valence-corrected chi connectivity index (χ2v) is 5.04. The third-order valence-corrected chi connectivity index (χ3v) is 3.37. The molecule has 1 aromatic heterocycles. The first-order chi connectivity index (χ1) is 10.7. The predicted molar refractivity (Wildman–Crippen MR) is 82.5 cm³/mol. The van der Waals surface area contributed by atoms with Crippen LogP contribution in [-0.4, -0.2) is 36.0 Å². The van der Waals surface area contributed by atoms with E-state index in [4.69, 9.17) is 4.74 Å². The van der Waals surface area contributed by atoms with E-state index in [0.717, 1.165) is 24.6 Å². The van der Waals surface area contributed by atoms with Crippen molar-refractivity contribution in [3.05, 3.63) is 54.1 Å². The number of nitrogens with one attached hydrogen (secondary N) is 1. The number of nitrogens with zero attached hydrogens (tertiary/aromatic N) is 3. The van der Waals surface area contributed by atoms with E-state index < -0.39 is 5.82 Å². The zero-order chi connectivity index (χ0) is 15.4. The Morgan fingerprint density at radius 2 is 2.27 bits per heavy atom. The molecule has 3 rings (SSSR count). The molecule has 0 fully saturated rings. The Hall–Kier alpha value is -2.63. The Kier molecular flexibility index (Phi) is 4.18. The van der Waals surface area contributed by atoms with Crippen LogP contribution in [0.5, 0.6) is 11.5 Å². The summed E-state index contributed by atoms with van der Waals surface area (Å²) in [4.78, 5) is 10.3. The molecule has 1 aliphatic heterocycles. The molecule has 1 N–H and O–H groups in total. The van der Waals surface area contributed by atoms with Crippen LogP contribution in [0.1, 0.15) is 5.56 Å². The van der Waals surface area contributed by atoms with Gasteiger partial charge in [-0.3, -0.25) is 9.98 Å². The van der Waals surface area contributed by atoms with Crippen molar-refractivity contribution in [1.29, 1.82) is 0 Å². The quantitative estimate of drug-likeness (QED) is 0.942. The van der Waals surface area contributed by atoms with Crippen molar-refractivity contribution in [3.8, 4) is 11.5 Å². The molecule has 2 aromatic rings. The zero-order valence-electron chi connectivity index (χ0n) is 12.3. The van der Waals surface area contributed by atoms with Gasteiger partial charge in [0.1, 0.15) is 5.75 Å². The Balaban J connectivity index is 1.64. The van der Waals surface area contributed by atoms with Crippen LogP contribution < -0.4 is 10.1 Å². The fraction of sp³-hybridized carbons (Fsp3) is 0.250. The van der Waals surface area contributed by atoms with E-state index in [-0.39, 0.29) is 5.75 Å². The summed E-state index contributed by atoms with van der Waals surface area (Å²) in [7, 11) is 1.98. The zero-order valence-corrected chi connectivity index (χ0v) is 12.3. The van der Waals surface area contributed by atoms with Gasteiger partial charge in [0.15, 0.2) is 17.5 Å². The summed E-state index contributed by atoms with van der Waals surface area (Å²) < 4.78 is 19.6. The largest absolute Gasteiger partial charge is 0.453 e. The summed E-state index contributed by atoms with van der Waals surface area (Å²) in [6.45, 7) is 2.23. The number of likely N-dealkylation sites (N-methyl/N-ethyl adjacent to an activating group) is 1. The van der Waals surface area contributed by atoms with Gasteiger partial charge in [-0.1, -0.05) is 6.07 Å². The second kappa shape index (κ2) is 6.43. The van der Waals surface area contributed by atoms with Gasteiger partial charge in [0, 0.05) is 26.3 Å². The molecule has 0 bridgehead atoms. The molecular formula is C16H17FN4O. The van der Waals surface area contributed by atoms with Crippen LogP contribution in [0.4, 0.5) is 4.39 Å². The Morgan fingerprint density at radius 3 is 2.95 bits per heavy atom. The topological polar surface area (TPSA) is 49.8 Å². The number of aromatic nitrogens is 1. The number of aliphatic imine (C=N–C) groups is 1. The molecule has 2 heterocycles. The first-order valence-corrected chi connectivity index (χ1v) is 7.08. The van der Waals surface area contributed by atoms with Crippen molar-refractivity contribution in [2.24, 2.45) is 4.99 Å². The van der Waals surface area contributed by atoms with Crippen molar-refractivity contribution in [2.45, 2.75) is 6.54 Å². The average molecular weight is 300 g/mol. The molecule has 0 amide bonds. The number of guanidine groups is 1. The van der Waals surface area contributed by atoms with E-state index in [1.165, 1.54) is 6.07 Å². The van der Waals surface area contributed by atoms with Gasteiger partial charge in [0.25, 0.3) is 0 Å². The number of halogens is 1. The van der Waals surface area contributed by atoms with Crippen LogP contribution in [0.15, 0.2) is 47.7 Å². The lowest BCUT2D eigenvalue weighted by atomic mass is 10.2. The van der Waals surface area contributed by atoms with Gasteiger partial charge in [-0.05, 0) is 29.8 Å². The summed E-state index contributed by atoms with van der Waals surface area (Å²) in [5.41, 5.74) is 0.832. The molecule has 0 unspecified atom stereocenters. The number of pyridine rings is 1. The van der Waals surface area contributed by atoms with E-state index in [0.29, 0.717) is 12.3 Å². The van der Waals surface area contributed by atoms with Gasteiger partial charge in [-0.15, -0.1) is 0 Å². The van der Waals surface area contributed by atoms with Crippen molar-refractivity contribution >= 4 is 5.96 Å². The first-order valence-electron chi connectivity index (χ1n) is 7.08. The van der Waals surface area contributed by atoms with Crippen molar-refractivity contribution in [2.75, 3.05) is 20.1 Å². The minimum absolute atomic E-state index is 0.187. The number of benzene rings is 1. The number of rotatable bonds is 4. The van der Waals surface area contributed by atoms with Crippen LogP contribution >= 0.6 is 0 Å². The van der Waals surface area contributed by atoms with Crippen molar-refractivity contribution in [3.63, 3.8) is 0 Å². The summed E-state index contributed by atoms with van der Waals surface area (Å²) in [6.07, 6.45) is 3.18. The molecule has 0 aliphatic carbocycles. The molecule has 1 aromatic carbocycles. The molecule has 5 nitrogen and oxygen atoms in total. The fourth-order valence-electron chi connectivity index (χ4n) is 2.18. The smallest absolute Gasteiger partial charge is 0.194 e. The SMILES string of the molecule is CN1CCN=C1NCc1ccc(Oc2cccnc2)c(F)c1. The Morgan fingerprint density at radius 1 is 1.36 bits per heavy atom. The molecule has 1 aliphatic rings. The number of hydrogen-bond donors (Lipinski definition) is 1. The third-order valence-electron chi connectivity index (χ3n) is 3.37. The monoisotopic (exact) mass is 300 g/mol. The van der Waals surface area contributed by atoms with E-state index in [9.17, 15) is 4.39 Å². The lowest BCUT2D eigenvalue weighted by molar-refractivity contribution is 0.440. The van der Waals surface area contributed by atoms with Gasteiger partial charge in [-0.25, -0.2) is 4.39 Å². The van der Waals surface area contributed by atoms with Crippen LogP contribution in [0.2, 0.25) is 0 Å². The highest BCUT2D eigenvalue weighted by molar-refractivity contribution is 5.81. The Bertz CT molecular complexity index is 675. The van der Waals surface area contributed by atoms with E-state index in [2.05, 4.69) is 15.3 Å². The lowest BCUT2D eigenvalue weighted by Gasteiger charge is -2.15. The van der Waals surface area contributed by atoms with Crippen molar-refractivity contribution in [1.82, 2.24) is 15.2 Å². The van der Waals surface area contributed by atoms with Crippen LogP contribution in [0.3, 0.4) is 0 Å². The molecule has 0 saturated carbocycles. The minimum atomic E-state index is -0.398. The van der Waals surface area contributed by atoms with Gasteiger partial charge in [0.05, 0.1) is 12.7 Å². The molecule has 0 spiro atoms. The highest BCUT2D eigenvalue weighted by atomic mass is 19.1. The fourth-order valence-corrected chi connectivity index (χ4v) is 2.18. The molecular weight excluding hydrogens is 283 g/mol. The molecule has 0 saturated heterocycles. The first kappa shape index (κ1) is 14.3. The molecule has 0 radical (unpaired) electrons. The maximum absolute atomic E-state index is 14.1. The third kappa shape index (κ3) is 3.33. The van der Waals surface area contributed by atoms with E-state index in [1.54, 1.807) is 30.6 Å². The second-order valence-electron chi connectivity index (χ2n) is 5.04. The standard InChI is InChI=1S/C16H17FN4O/c1-21-8-7-19-16(21)20-10-12-4-5-15(14(17)9-12)22-13-3-2-6-18-11-13/h2-6,9,11H,7-8,10H2,1H3,(H,19,20). The van der Waals surface area contributed by atoms with E-state index >= 15 is 0 Å². The van der Waals surface area contributed by atoms with Crippen LogP contribution in [0.25, 0.3) is 0 Å². The lowest BCUT2D eigenvalue weighted by Crippen LogP contribution is -2.35. The van der Waals surface area contributed by atoms with Gasteiger partial charge in [-0.2, -0.15) is 0 Å². The normalized spacial score (nSPS) is 13.9. The molecule has 0 atom stereocenters. The summed E-state index contributed by atoms with van der Waals surface area (Å²) >= 11 is 0. The maximum Gasteiger partial charge on any atom is 0.194 e. The van der Waals surface area contributed by atoms with Gasteiger partial charge >= 0.3 is 0 Å². The maximum atomic E-state index is 14.1. The minimum Gasteiger partial charge on any atom is -0.453 e. The highest BCUT2D eigenvalue weighted by Crippen LogP contribution is 2.24. The molecule has 22 heavy (non-hydrogen) atoms. The van der Waals surface area contributed by atoms with Gasteiger partial charge < -0.3 is 15.0 Å². The van der Waals surface area contributed by atoms with Gasteiger partial charge in [0.2, 0.25) is 0 Å². The Labute approximate surface area is 128 Å². The summed E-state index contributed by atoms with van der Waals surface area (Å²) in [5, 5.41) is 3.20. The van der Waals surface area contributed by atoms with Crippen LogP contribution in [-0.2, 0) is 6.54 Å². The predicted octanol–water partition coefficient (Wildman–Crippen LogP) is 2.40.